The maximum absolute atomic E-state index is 12.4. The lowest BCUT2D eigenvalue weighted by atomic mass is 10.1. The predicted octanol–water partition coefficient (Wildman–Crippen LogP) is 2.47. The van der Waals surface area contributed by atoms with E-state index in [-0.39, 0.29) is 16.9 Å². The molecule has 2 rings (SSSR count). The second-order valence-corrected chi connectivity index (χ2v) is 9.92. The van der Waals surface area contributed by atoms with Crippen LogP contribution < -0.4 is 10.6 Å². The Labute approximate surface area is 155 Å². The number of thioether (sulfide) groups is 1. The molecule has 1 saturated heterocycles. The van der Waals surface area contributed by atoms with Crippen LogP contribution in [0.1, 0.15) is 33.1 Å². The molecule has 140 valence electrons. The third-order valence-electron chi connectivity index (χ3n) is 4.34. The highest BCUT2D eigenvalue weighted by atomic mass is 32.2. The van der Waals surface area contributed by atoms with Crippen molar-refractivity contribution in [1.29, 1.82) is 0 Å². The standard InChI is InChI=1S/C18H28N2O3S2/c1-3-12-25(22,23)17-7-5-4-6-16(17)24-14(2)18(21)20-11-9-15-8-10-19-13-15/h4-7,14-15,19H,3,8-13H2,1-2H3,(H,20,21). The highest BCUT2D eigenvalue weighted by molar-refractivity contribution is 8.01. The lowest BCUT2D eigenvalue weighted by Crippen LogP contribution is -2.32. The van der Waals surface area contributed by atoms with Crippen LogP contribution in [-0.2, 0) is 14.6 Å². The summed E-state index contributed by atoms with van der Waals surface area (Å²) in [5.41, 5.74) is 0. The summed E-state index contributed by atoms with van der Waals surface area (Å²) < 4.78 is 24.8. The van der Waals surface area contributed by atoms with Gasteiger partial charge in [0.05, 0.1) is 15.9 Å². The summed E-state index contributed by atoms with van der Waals surface area (Å²) in [6, 6.07) is 6.95. The van der Waals surface area contributed by atoms with E-state index in [0.29, 0.717) is 28.7 Å². The summed E-state index contributed by atoms with van der Waals surface area (Å²) in [6.07, 6.45) is 2.73. The number of hydrogen-bond donors (Lipinski definition) is 2. The van der Waals surface area contributed by atoms with Gasteiger partial charge in [-0.3, -0.25) is 4.79 Å². The Hall–Kier alpha value is -1.05. The number of carbonyl (C=O) groups is 1. The number of carbonyl (C=O) groups excluding carboxylic acids is 1. The van der Waals surface area contributed by atoms with Crippen LogP contribution in [0.4, 0.5) is 0 Å². The second-order valence-electron chi connectivity index (χ2n) is 6.46. The Bertz CT molecular complexity index is 671. The quantitative estimate of drug-likeness (QED) is 0.640. The lowest BCUT2D eigenvalue weighted by Gasteiger charge is -2.15. The first-order valence-corrected chi connectivity index (χ1v) is 11.4. The Balaban J connectivity index is 1.93. The lowest BCUT2D eigenvalue weighted by molar-refractivity contribution is -0.120. The minimum Gasteiger partial charge on any atom is -0.355 e. The van der Waals surface area contributed by atoms with Gasteiger partial charge in [0.15, 0.2) is 9.84 Å². The molecule has 0 radical (unpaired) electrons. The molecule has 0 aromatic heterocycles. The van der Waals surface area contributed by atoms with E-state index >= 15 is 0 Å². The molecule has 0 spiro atoms. The van der Waals surface area contributed by atoms with Crippen molar-refractivity contribution < 1.29 is 13.2 Å². The second kappa shape index (κ2) is 9.59. The molecule has 2 unspecified atom stereocenters. The van der Waals surface area contributed by atoms with Crippen LogP contribution in [0.15, 0.2) is 34.1 Å². The van der Waals surface area contributed by atoms with E-state index < -0.39 is 9.84 Å². The minimum absolute atomic E-state index is 0.0429. The van der Waals surface area contributed by atoms with Gasteiger partial charge in [0.1, 0.15) is 0 Å². The molecule has 5 nitrogen and oxygen atoms in total. The fourth-order valence-corrected chi connectivity index (χ4v) is 5.79. The molecule has 1 aliphatic rings. The minimum atomic E-state index is -3.30. The first kappa shape index (κ1) is 20.3. The highest BCUT2D eigenvalue weighted by Gasteiger charge is 2.22. The third-order valence-corrected chi connectivity index (χ3v) is 7.62. The van der Waals surface area contributed by atoms with Gasteiger partial charge in [-0.2, -0.15) is 0 Å². The third kappa shape index (κ3) is 6.01. The zero-order valence-corrected chi connectivity index (χ0v) is 16.6. The number of hydrogen-bond acceptors (Lipinski definition) is 5. The maximum atomic E-state index is 12.4. The predicted molar refractivity (Wildman–Crippen MR) is 103 cm³/mol. The van der Waals surface area contributed by atoms with E-state index in [2.05, 4.69) is 10.6 Å². The van der Waals surface area contributed by atoms with E-state index in [1.54, 1.807) is 18.2 Å². The molecule has 0 saturated carbocycles. The zero-order chi connectivity index (χ0) is 18.3. The van der Waals surface area contributed by atoms with Gasteiger partial charge in [-0.05, 0) is 57.3 Å². The van der Waals surface area contributed by atoms with Crippen LogP contribution in [0, 0.1) is 5.92 Å². The molecule has 1 aromatic carbocycles. The van der Waals surface area contributed by atoms with Crippen molar-refractivity contribution >= 4 is 27.5 Å². The summed E-state index contributed by atoms with van der Waals surface area (Å²) >= 11 is 1.31. The van der Waals surface area contributed by atoms with Crippen LogP contribution in [0.3, 0.4) is 0 Å². The average molecular weight is 385 g/mol. The number of nitrogens with one attached hydrogen (secondary N) is 2. The first-order chi connectivity index (χ1) is 11.9. The van der Waals surface area contributed by atoms with Gasteiger partial charge in [0.2, 0.25) is 5.91 Å². The Morgan fingerprint density at radius 2 is 2.16 bits per heavy atom. The van der Waals surface area contributed by atoms with Gasteiger partial charge >= 0.3 is 0 Å². The van der Waals surface area contributed by atoms with E-state index in [9.17, 15) is 13.2 Å². The Morgan fingerprint density at radius 3 is 2.84 bits per heavy atom. The van der Waals surface area contributed by atoms with Crippen LogP contribution >= 0.6 is 11.8 Å². The molecule has 1 heterocycles. The molecule has 1 amide bonds. The molecule has 1 aromatic rings. The topological polar surface area (TPSA) is 75.3 Å². The van der Waals surface area contributed by atoms with Gasteiger partial charge in [-0.15, -0.1) is 11.8 Å². The summed E-state index contributed by atoms with van der Waals surface area (Å²) in [5, 5.41) is 5.97. The van der Waals surface area contributed by atoms with Crippen LogP contribution in [0.5, 0.6) is 0 Å². The molecular formula is C18H28N2O3S2. The van der Waals surface area contributed by atoms with Crippen molar-refractivity contribution in [2.24, 2.45) is 5.92 Å². The number of amides is 1. The summed E-state index contributed by atoms with van der Waals surface area (Å²) in [5.74, 6) is 0.724. The maximum Gasteiger partial charge on any atom is 0.233 e. The fourth-order valence-electron chi connectivity index (χ4n) is 2.93. The van der Waals surface area contributed by atoms with Crippen molar-refractivity contribution in [2.45, 2.75) is 48.2 Å². The number of rotatable bonds is 9. The van der Waals surface area contributed by atoms with Crippen LogP contribution in [0.2, 0.25) is 0 Å². The molecule has 7 heteroatoms. The molecule has 2 atom stereocenters. The highest BCUT2D eigenvalue weighted by Crippen LogP contribution is 2.30. The van der Waals surface area contributed by atoms with Crippen LogP contribution in [-0.4, -0.2) is 45.0 Å². The van der Waals surface area contributed by atoms with Crippen molar-refractivity contribution in [1.82, 2.24) is 10.6 Å². The molecular weight excluding hydrogens is 356 g/mol. The monoisotopic (exact) mass is 384 g/mol. The molecule has 0 aliphatic carbocycles. The van der Waals surface area contributed by atoms with E-state index in [4.69, 9.17) is 0 Å². The van der Waals surface area contributed by atoms with Gasteiger partial charge in [0, 0.05) is 11.4 Å². The molecule has 0 bridgehead atoms. The van der Waals surface area contributed by atoms with E-state index in [1.165, 1.54) is 18.2 Å². The van der Waals surface area contributed by atoms with Crippen molar-refractivity contribution in [3.63, 3.8) is 0 Å². The van der Waals surface area contributed by atoms with Crippen molar-refractivity contribution in [3.05, 3.63) is 24.3 Å². The summed E-state index contributed by atoms with van der Waals surface area (Å²) in [4.78, 5) is 13.3. The summed E-state index contributed by atoms with van der Waals surface area (Å²) in [6.45, 7) is 6.44. The van der Waals surface area contributed by atoms with E-state index in [1.807, 2.05) is 19.9 Å². The largest absolute Gasteiger partial charge is 0.355 e. The van der Waals surface area contributed by atoms with E-state index in [0.717, 1.165) is 19.5 Å². The zero-order valence-electron chi connectivity index (χ0n) is 15.0. The van der Waals surface area contributed by atoms with Gasteiger partial charge < -0.3 is 10.6 Å². The van der Waals surface area contributed by atoms with Gasteiger partial charge in [0.25, 0.3) is 0 Å². The molecule has 1 fully saturated rings. The average Bonchev–Trinajstić information content (AvgIpc) is 3.08. The molecule has 25 heavy (non-hydrogen) atoms. The molecule has 1 aliphatic heterocycles. The van der Waals surface area contributed by atoms with Gasteiger partial charge in [-0.1, -0.05) is 19.1 Å². The smallest absolute Gasteiger partial charge is 0.233 e. The SMILES string of the molecule is CCCS(=O)(=O)c1ccccc1SC(C)C(=O)NCCC1CCNC1. The summed E-state index contributed by atoms with van der Waals surface area (Å²) in [7, 11) is -3.30. The van der Waals surface area contributed by atoms with Crippen molar-refractivity contribution in [3.8, 4) is 0 Å². The molecule has 2 N–H and O–H groups in total. The Kier molecular flexibility index (Phi) is 7.78. The number of benzene rings is 1. The van der Waals surface area contributed by atoms with Crippen molar-refractivity contribution in [2.75, 3.05) is 25.4 Å². The van der Waals surface area contributed by atoms with Crippen LogP contribution in [0.25, 0.3) is 0 Å². The first-order valence-electron chi connectivity index (χ1n) is 8.91. The normalized spacial score (nSPS) is 18.9. The van der Waals surface area contributed by atoms with Gasteiger partial charge in [-0.25, -0.2) is 8.42 Å². The fraction of sp³-hybridized carbons (Fsp3) is 0.611. The Morgan fingerprint density at radius 1 is 1.40 bits per heavy atom. The number of sulfone groups is 1.